The number of aromatic hydroxyl groups is 2. The van der Waals surface area contributed by atoms with Gasteiger partial charge in [-0.05, 0) is 41.8 Å². The molecular formula is C16H14FNO3. The monoisotopic (exact) mass is 287 g/mol. The molecule has 0 saturated heterocycles. The Morgan fingerprint density at radius 3 is 2.67 bits per heavy atom. The van der Waals surface area contributed by atoms with E-state index in [1.54, 1.807) is 17.0 Å². The van der Waals surface area contributed by atoms with Crippen LogP contribution in [0.4, 0.5) is 4.39 Å². The van der Waals surface area contributed by atoms with Crippen LogP contribution in [-0.4, -0.2) is 27.6 Å². The van der Waals surface area contributed by atoms with E-state index in [9.17, 15) is 19.4 Å². The number of rotatable bonds is 1. The number of carbonyl (C=O) groups excluding carboxylic acids is 1. The van der Waals surface area contributed by atoms with Crippen LogP contribution in [0, 0.1) is 5.82 Å². The molecule has 21 heavy (non-hydrogen) atoms. The first-order chi connectivity index (χ1) is 10.0. The highest BCUT2D eigenvalue weighted by Gasteiger charge is 2.24. The largest absolute Gasteiger partial charge is 0.508 e. The minimum Gasteiger partial charge on any atom is -0.508 e. The second-order valence-electron chi connectivity index (χ2n) is 5.09. The highest BCUT2D eigenvalue weighted by Crippen LogP contribution is 2.26. The summed E-state index contributed by atoms with van der Waals surface area (Å²) < 4.78 is 13.0. The molecule has 1 aliphatic heterocycles. The Labute approximate surface area is 121 Å². The van der Waals surface area contributed by atoms with Crippen molar-refractivity contribution in [3.05, 3.63) is 58.9 Å². The van der Waals surface area contributed by atoms with E-state index in [1.807, 2.05) is 6.07 Å². The summed E-state index contributed by atoms with van der Waals surface area (Å²) >= 11 is 0. The maximum atomic E-state index is 13.0. The van der Waals surface area contributed by atoms with Crippen molar-refractivity contribution >= 4 is 5.91 Å². The normalized spacial score (nSPS) is 13.9. The van der Waals surface area contributed by atoms with Crippen molar-refractivity contribution in [2.75, 3.05) is 6.54 Å². The van der Waals surface area contributed by atoms with Crippen molar-refractivity contribution in [2.45, 2.75) is 13.0 Å². The first kappa shape index (κ1) is 13.4. The molecule has 0 aliphatic carbocycles. The Morgan fingerprint density at radius 2 is 1.90 bits per heavy atom. The topological polar surface area (TPSA) is 60.8 Å². The number of hydrogen-bond acceptors (Lipinski definition) is 3. The molecule has 0 spiro atoms. The van der Waals surface area contributed by atoms with Crippen LogP contribution in [0.2, 0.25) is 0 Å². The smallest absolute Gasteiger partial charge is 0.257 e. The van der Waals surface area contributed by atoms with Crippen LogP contribution in [0.25, 0.3) is 0 Å². The van der Waals surface area contributed by atoms with Gasteiger partial charge in [0.15, 0.2) is 0 Å². The summed E-state index contributed by atoms with van der Waals surface area (Å²) in [5.74, 6) is -1.13. The van der Waals surface area contributed by atoms with Gasteiger partial charge in [0.25, 0.3) is 5.91 Å². The number of benzene rings is 2. The van der Waals surface area contributed by atoms with Crippen molar-refractivity contribution in [3.8, 4) is 11.5 Å². The molecule has 1 heterocycles. The zero-order valence-electron chi connectivity index (χ0n) is 11.2. The van der Waals surface area contributed by atoms with Gasteiger partial charge in [0.1, 0.15) is 17.3 Å². The number of amides is 1. The van der Waals surface area contributed by atoms with Crippen molar-refractivity contribution < 1.29 is 19.4 Å². The fraction of sp³-hybridized carbons (Fsp3) is 0.188. The van der Waals surface area contributed by atoms with Gasteiger partial charge < -0.3 is 15.1 Å². The fourth-order valence-electron chi connectivity index (χ4n) is 2.57. The Bertz CT molecular complexity index is 715. The maximum Gasteiger partial charge on any atom is 0.257 e. The lowest BCUT2D eigenvalue weighted by molar-refractivity contribution is 0.0731. The molecule has 2 aromatic carbocycles. The van der Waals surface area contributed by atoms with Gasteiger partial charge in [-0.1, -0.05) is 6.07 Å². The second-order valence-corrected chi connectivity index (χ2v) is 5.09. The van der Waals surface area contributed by atoms with E-state index in [0.29, 0.717) is 19.5 Å². The molecule has 0 atom stereocenters. The lowest BCUT2D eigenvalue weighted by Crippen LogP contribution is -2.36. The summed E-state index contributed by atoms with van der Waals surface area (Å²) in [6, 6.07) is 8.47. The first-order valence-corrected chi connectivity index (χ1v) is 6.63. The van der Waals surface area contributed by atoms with E-state index in [0.717, 1.165) is 23.3 Å². The van der Waals surface area contributed by atoms with Gasteiger partial charge >= 0.3 is 0 Å². The number of fused-ring (bicyclic) bond motifs is 1. The molecule has 2 N–H and O–H groups in total. The minimum atomic E-state index is -0.585. The average Bonchev–Trinajstić information content (AvgIpc) is 2.46. The van der Waals surface area contributed by atoms with Crippen molar-refractivity contribution in [3.63, 3.8) is 0 Å². The molecule has 5 heteroatoms. The molecule has 0 bridgehead atoms. The zero-order chi connectivity index (χ0) is 15.0. The van der Waals surface area contributed by atoms with E-state index in [-0.39, 0.29) is 23.0 Å². The van der Waals surface area contributed by atoms with Crippen LogP contribution in [0.1, 0.15) is 21.5 Å². The quantitative estimate of drug-likeness (QED) is 0.847. The molecule has 0 saturated carbocycles. The third kappa shape index (κ3) is 2.54. The second kappa shape index (κ2) is 5.09. The van der Waals surface area contributed by atoms with Crippen molar-refractivity contribution in [1.29, 1.82) is 0 Å². The molecule has 2 aromatic rings. The summed E-state index contributed by atoms with van der Waals surface area (Å²) in [7, 11) is 0. The number of carbonyl (C=O) groups is 1. The van der Waals surface area contributed by atoms with Crippen LogP contribution < -0.4 is 0 Å². The van der Waals surface area contributed by atoms with Crippen molar-refractivity contribution in [2.24, 2.45) is 0 Å². The molecule has 4 nitrogen and oxygen atoms in total. The van der Waals surface area contributed by atoms with E-state index < -0.39 is 5.82 Å². The molecule has 1 amide bonds. The molecule has 0 radical (unpaired) electrons. The maximum absolute atomic E-state index is 13.0. The first-order valence-electron chi connectivity index (χ1n) is 6.63. The van der Waals surface area contributed by atoms with Gasteiger partial charge in [0.05, 0.1) is 5.56 Å². The van der Waals surface area contributed by atoms with Gasteiger partial charge in [0, 0.05) is 19.2 Å². The SMILES string of the molecule is O=C(c1ccc(F)cc1O)N1CCc2ccc(O)cc2C1. The Hall–Kier alpha value is -2.56. The summed E-state index contributed by atoms with van der Waals surface area (Å²) in [4.78, 5) is 14.0. The number of nitrogens with zero attached hydrogens (tertiary/aromatic N) is 1. The molecule has 0 aromatic heterocycles. The number of hydrogen-bond donors (Lipinski definition) is 2. The molecule has 108 valence electrons. The van der Waals surface area contributed by atoms with Gasteiger partial charge in [-0.15, -0.1) is 0 Å². The predicted molar refractivity (Wildman–Crippen MR) is 74.6 cm³/mol. The van der Waals surface area contributed by atoms with E-state index in [1.165, 1.54) is 6.07 Å². The molecule has 0 unspecified atom stereocenters. The highest BCUT2D eigenvalue weighted by atomic mass is 19.1. The molecular weight excluding hydrogens is 273 g/mol. The van der Waals surface area contributed by atoms with Crippen LogP contribution in [0.15, 0.2) is 36.4 Å². The highest BCUT2D eigenvalue weighted by molar-refractivity contribution is 5.96. The Kier molecular flexibility index (Phi) is 3.25. The lowest BCUT2D eigenvalue weighted by Gasteiger charge is -2.29. The minimum absolute atomic E-state index is 0.0833. The molecule has 1 aliphatic rings. The molecule has 0 fully saturated rings. The summed E-state index contributed by atoms with van der Waals surface area (Å²) in [6.45, 7) is 0.882. The van der Waals surface area contributed by atoms with Gasteiger partial charge in [-0.25, -0.2) is 4.39 Å². The van der Waals surface area contributed by atoms with E-state index >= 15 is 0 Å². The molecule has 3 rings (SSSR count). The average molecular weight is 287 g/mol. The Morgan fingerprint density at radius 1 is 1.10 bits per heavy atom. The third-order valence-electron chi connectivity index (χ3n) is 3.68. The fourth-order valence-corrected chi connectivity index (χ4v) is 2.57. The van der Waals surface area contributed by atoms with Crippen LogP contribution in [-0.2, 0) is 13.0 Å². The summed E-state index contributed by atoms with van der Waals surface area (Å²) in [6.07, 6.45) is 0.684. The third-order valence-corrected chi connectivity index (χ3v) is 3.68. The van der Waals surface area contributed by atoms with E-state index in [4.69, 9.17) is 0 Å². The predicted octanol–water partition coefficient (Wildman–Crippen LogP) is 2.44. The Balaban J connectivity index is 1.87. The van der Waals surface area contributed by atoms with Crippen molar-refractivity contribution in [1.82, 2.24) is 4.90 Å². The number of phenolic OH excluding ortho intramolecular Hbond substituents is 2. The number of halogens is 1. The standard InChI is InChI=1S/C16H14FNO3/c17-12-2-4-14(15(20)8-12)16(21)18-6-5-10-1-3-13(19)7-11(10)9-18/h1-4,7-8,19-20H,5-6,9H2. The van der Waals surface area contributed by atoms with Crippen LogP contribution in [0.3, 0.4) is 0 Å². The van der Waals surface area contributed by atoms with Gasteiger partial charge in [-0.2, -0.15) is 0 Å². The summed E-state index contributed by atoms with van der Waals surface area (Å²) in [5, 5.41) is 19.2. The lowest BCUT2D eigenvalue weighted by atomic mass is 9.98. The van der Waals surface area contributed by atoms with E-state index in [2.05, 4.69) is 0 Å². The summed E-state index contributed by atoms with van der Waals surface area (Å²) in [5.41, 5.74) is 2.07. The van der Waals surface area contributed by atoms with Gasteiger partial charge in [-0.3, -0.25) is 4.79 Å². The van der Waals surface area contributed by atoms with Crippen LogP contribution in [0.5, 0.6) is 11.5 Å². The van der Waals surface area contributed by atoms with Gasteiger partial charge in [0.2, 0.25) is 0 Å². The number of phenols is 2. The zero-order valence-corrected chi connectivity index (χ0v) is 11.2. The van der Waals surface area contributed by atoms with Crippen LogP contribution >= 0.6 is 0 Å².